The Balaban J connectivity index is 4.37. The van der Waals surface area contributed by atoms with Gasteiger partial charge in [0.05, 0.1) is 0 Å². The Morgan fingerprint density at radius 2 is 0.591 bits per heavy atom. The molecule has 6 heteroatoms. The number of carbonyl (C=O) groups is 3. The van der Waals surface area contributed by atoms with E-state index in [2.05, 4.69) is 69.4 Å². The highest BCUT2D eigenvalue weighted by Crippen LogP contribution is 2.16. The molecule has 0 aromatic carbocycles. The predicted octanol–water partition coefficient (Wildman–Crippen LogP) is 19.0. The first kappa shape index (κ1) is 63.4. The van der Waals surface area contributed by atoms with Gasteiger partial charge in [-0.15, -0.1) is 0 Å². The van der Waals surface area contributed by atoms with E-state index < -0.39 is 6.10 Å². The standard InChI is InChI=1S/C60H108O6/c1-4-7-10-13-16-19-22-25-28-30-33-35-38-41-44-47-50-53-59(62)65-56-57(55-64-58(61)52-49-46-43-40-37-34-31-27-24-21-18-15-12-9-6-3)66-60(63)54-51-48-45-42-39-36-32-29-26-23-20-17-14-11-8-5-2/h9,12,18,21,25,27-28,31,57H,4-8,10-11,13-17,19-20,22-24,26,29-30,32-56H2,1-3H3/b12-9+,21-18+,28-25+,31-27+/t57-/m1/s1. The van der Waals surface area contributed by atoms with Gasteiger partial charge in [-0.2, -0.15) is 0 Å². The van der Waals surface area contributed by atoms with Crippen molar-refractivity contribution >= 4 is 17.9 Å². The van der Waals surface area contributed by atoms with Crippen LogP contribution in [0.5, 0.6) is 0 Å². The first-order valence-electron chi connectivity index (χ1n) is 28.6. The van der Waals surface area contributed by atoms with E-state index in [-0.39, 0.29) is 31.1 Å². The molecule has 0 heterocycles. The van der Waals surface area contributed by atoms with E-state index in [0.717, 1.165) is 96.3 Å². The molecule has 0 fully saturated rings. The van der Waals surface area contributed by atoms with Gasteiger partial charge < -0.3 is 14.2 Å². The number of hydrogen-bond acceptors (Lipinski definition) is 6. The number of ether oxygens (including phenoxy) is 3. The molecule has 0 saturated heterocycles. The maximum atomic E-state index is 12.8. The van der Waals surface area contributed by atoms with Crippen LogP contribution in [0.15, 0.2) is 48.6 Å². The van der Waals surface area contributed by atoms with Gasteiger partial charge in [-0.25, -0.2) is 0 Å². The molecule has 0 amide bonds. The largest absolute Gasteiger partial charge is 0.462 e. The quantitative estimate of drug-likeness (QED) is 0.0262. The monoisotopic (exact) mass is 925 g/mol. The van der Waals surface area contributed by atoms with E-state index in [9.17, 15) is 14.4 Å². The highest BCUT2D eigenvalue weighted by molar-refractivity contribution is 5.71. The first-order chi connectivity index (χ1) is 32.5. The summed E-state index contributed by atoms with van der Waals surface area (Å²) < 4.78 is 16.9. The maximum absolute atomic E-state index is 12.8. The Kier molecular flexibility index (Phi) is 52.8. The minimum absolute atomic E-state index is 0.0781. The molecule has 66 heavy (non-hydrogen) atoms. The zero-order valence-electron chi connectivity index (χ0n) is 44.0. The van der Waals surface area contributed by atoms with Crippen LogP contribution in [0, 0.1) is 0 Å². The van der Waals surface area contributed by atoms with Crippen molar-refractivity contribution in [1.29, 1.82) is 0 Å². The van der Waals surface area contributed by atoms with Gasteiger partial charge in [0.1, 0.15) is 13.2 Å². The van der Waals surface area contributed by atoms with Crippen molar-refractivity contribution in [2.45, 2.75) is 303 Å². The Hall–Kier alpha value is -2.63. The molecule has 0 spiro atoms. The van der Waals surface area contributed by atoms with E-state index in [1.54, 1.807) is 0 Å². The lowest BCUT2D eigenvalue weighted by Crippen LogP contribution is -2.30. The fourth-order valence-corrected chi connectivity index (χ4v) is 8.28. The van der Waals surface area contributed by atoms with Gasteiger partial charge in [-0.05, 0) is 77.0 Å². The summed E-state index contributed by atoms with van der Waals surface area (Å²) >= 11 is 0. The lowest BCUT2D eigenvalue weighted by molar-refractivity contribution is -0.167. The van der Waals surface area contributed by atoms with E-state index in [1.807, 2.05) is 0 Å². The van der Waals surface area contributed by atoms with Crippen molar-refractivity contribution in [3.63, 3.8) is 0 Å². The average Bonchev–Trinajstić information content (AvgIpc) is 3.31. The van der Waals surface area contributed by atoms with E-state index >= 15 is 0 Å². The Morgan fingerprint density at radius 1 is 0.318 bits per heavy atom. The van der Waals surface area contributed by atoms with Crippen LogP contribution < -0.4 is 0 Å². The van der Waals surface area contributed by atoms with Crippen molar-refractivity contribution in [1.82, 2.24) is 0 Å². The van der Waals surface area contributed by atoms with E-state index in [4.69, 9.17) is 14.2 Å². The van der Waals surface area contributed by atoms with Gasteiger partial charge in [0, 0.05) is 19.3 Å². The van der Waals surface area contributed by atoms with Crippen LogP contribution in [-0.2, 0) is 28.6 Å². The summed E-state index contributed by atoms with van der Waals surface area (Å²) in [5, 5.41) is 0. The molecule has 0 aliphatic heterocycles. The van der Waals surface area contributed by atoms with Gasteiger partial charge in [-0.1, -0.05) is 249 Å². The molecule has 0 rings (SSSR count). The molecule has 0 bridgehead atoms. The summed E-state index contributed by atoms with van der Waals surface area (Å²) in [6, 6.07) is 0. The first-order valence-corrected chi connectivity index (χ1v) is 28.6. The molecular formula is C60H108O6. The van der Waals surface area contributed by atoms with Crippen LogP contribution in [0.2, 0.25) is 0 Å². The van der Waals surface area contributed by atoms with Gasteiger partial charge in [0.15, 0.2) is 6.10 Å². The second-order valence-electron chi connectivity index (χ2n) is 19.2. The third-order valence-electron chi connectivity index (χ3n) is 12.6. The van der Waals surface area contributed by atoms with Gasteiger partial charge in [0.25, 0.3) is 0 Å². The fraction of sp³-hybridized carbons (Fsp3) is 0.817. The van der Waals surface area contributed by atoms with Crippen LogP contribution in [-0.4, -0.2) is 37.2 Å². The highest BCUT2D eigenvalue weighted by atomic mass is 16.6. The summed E-state index contributed by atoms with van der Waals surface area (Å²) in [6.45, 7) is 6.54. The number of hydrogen-bond donors (Lipinski definition) is 0. The molecule has 0 radical (unpaired) electrons. The Morgan fingerprint density at radius 3 is 0.939 bits per heavy atom. The van der Waals surface area contributed by atoms with E-state index in [0.29, 0.717) is 19.3 Å². The summed E-state index contributed by atoms with van der Waals surface area (Å²) in [6.07, 6.45) is 66.7. The molecule has 0 aliphatic carbocycles. The SMILES string of the molecule is CC/C=C/C/C=C/C/C=C/CCCCCCCC(=O)OC[C@H](COC(=O)CCCCCCCCC/C=C/CCCCCCCC)OC(=O)CCCCCCCCCCCCCCCCCC. The normalized spacial score (nSPS) is 12.3. The van der Waals surface area contributed by atoms with Gasteiger partial charge in [0.2, 0.25) is 0 Å². The summed E-state index contributed by atoms with van der Waals surface area (Å²) in [5.41, 5.74) is 0. The van der Waals surface area contributed by atoms with Crippen molar-refractivity contribution in [3.8, 4) is 0 Å². The number of unbranched alkanes of at least 4 members (excludes halogenated alkanes) is 33. The third-order valence-corrected chi connectivity index (χ3v) is 12.6. The molecule has 0 N–H and O–H groups in total. The molecule has 0 aliphatic rings. The van der Waals surface area contributed by atoms with Crippen molar-refractivity contribution in [3.05, 3.63) is 48.6 Å². The van der Waals surface area contributed by atoms with Crippen LogP contribution >= 0.6 is 0 Å². The number of allylic oxidation sites excluding steroid dienone is 8. The van der Waals surface area contributed by atoms with Crippen molar-refractivity contribution < 1.29 is 28.6 Å². The molecule has 0 saturated carbocycles. The maximum Gasteiger partial charge on any atom is 0.306 e. The smallest absolute Gasteiger partial charge is 0.306 e. The molecule has 0 aromatic heterocycles. The van der Waals surface area contributed by atoms with Crippen LogP contribution in [0.4, 0.5) is 0 Å². The lowest BCUT2D eigenvalue weighted by atomic mass is 10.0. The zero-order chi connectivity index (χ0) is 47.9. The van der Waals surface area contributed by atoms with Gasteiger partial charge in [-0.3, -0.25) is 14.4 Å². The molecule has 6 nitrogen and oxygen atoms in total. The minimum atomic E-state index is -0.779. The molecular weight excluding hydrogens is 817 g/mol. The molecule has 384 valence electrons. The average molecular weight is 926 g/mol. The Bertz CT molecular complexity index is 1150. The highest BCUT2D eigenvalue weighted by Gasteiger charge is 2.19. The summed E-state index contributed by atoms with van der Waals surface area (Å²) in [4.78, 5) is 38.1. The molecule has 0 aromatic rings. The lowest BCUT2D eigenvalue weighted by Gasteiger charge is -2.18. The topological polar surface area (TPSA) is 78.9 Å². The summed E-state index contributed by atoms with van der Waals surface area (Å²) in [7, 11) is 0. The van der Waals surface area contributed by atoms with Crippen molar-refractivity contribution in [2.75, 3.05) is 13.2 Å². The molecule has 1 atom stereocenters. The molecule has 0 unspecified atom stereocenters. The van der Waals surface area contributed by atoms with Crippen molar-refractivity contribution in [2.24, 2.45) is 0 Å². The minimum Gasteiger partial charge on any atom is -0.462 e. The van der Waals surface area contributed by atoms with Crippen LogP contribution in [0.1, 0.15) is 297 Å². The number of esters is 3. The fourth-order valence-electron chi connectivity index (χ4n) is 8.28. The predicted molar refractivity (Wildman–Crippen MR) is 284 cm³/mol. The van der Waals surface area contributed by atoms with Gasteiger partial charge >= 0.3 is 17.9 Å². The number of carbonyl (C=O) groups excluding carboxylic acids is 3. The van der Waals surface area contributed by atoms with Crippen LogP contribution in [0.25, 0.3) is 0 Å². The zero-order valence-corrected chi connectivity index (χ0v) is 44.0. The second kappa shape index (κ2) is 55.0. The summed E-state index contributed by atoms with van der Waals surface area (Å²) in [5.74, 6) is -0.884. The second-order valence-corrected chi connectivity index (χ2v) is 19.2. The van der Waals surface area contributed by atoms with Crippen LogP contribution in [0.3, 0.4) is 0 Å². The van der Waals surface area contributed by atoms with E-state index in [1.165, 1.54) is 161 Å². The Labute approximate surface area is 409 Å². The third kappa shape index (κ3) is 52.3. The number of rotatable bonds is 52.